The molecule has 7 heteroatoms. The Bertz CT molecular complexity index is 399. The quantitative estimate of drug-likeness (QED) is 0.652. The molecule has 0 aromatic carbocycles. The summed E-state index contributed by atoms with van der Waals surface area (Å²) in [6.07, 6.45) is 0.520. The molecule has 2 rings (SSSR count). The molecule has 1 unspecified atom stereocenters. The second-order valence-corrected chi connectivity index (χ2v) is 4.15. The molecule has 2 heterocycles. The fraction of sp³-hybridized carbons (Fsp3) is 0.636. The number of anilines is 1. The summed E-state index contributed by atoms with van der Waals surface area (Å²) in [6.45, 7) is 4.96. The van der Waals surface area contributed by atoms with Crippen molar-refractivity contribution in [2.45, 2.75) is 13.2 Å². The highest BCUT2D eigenvalue weighted by atomic mass is 35.5. The van der Waals surface area contributed by atoms with Crippen molar-refractivity contribution in [2.24, 2.45) is 0 Å². The van der Waals surface area contributed by atoms with Crippen LogP contribution in [-0.4, -0.2) is 48.0 Å². The Morgan fingerprint density at radius 2 is 2.28 bits per heavy atom. The van der Waals surface area contributed by atoms with E-state index >= 15 is 0 Å². The van der Waals surface area contributed by atoms with Crippen molar-refractivity contribution in [2.75, 3.05) is 37.8 Å². The van der Waals surface area contributed by atoms with E-state index in [2.05, 4.69) is 14.9 Å². The van der Waals surface area contributed by atoms with E-state index in [4.69, 9.17) is 21.1 Å². The maximum Gasteiger partial charge on any atom is 0.222 e. The molecular weight excluding hydrogens is 258 g/mol. The number of rotatable bonds is 4. The van der Waals surface area contributed by atoms with Gasteiger partial charge in [-0.3, -0.25) is 0 Å². The van der Waals surface area contributed by atoms with Crippen LogP contribution in [0.4, 0.5) is 5.69 Å². The zero-order valence-electron chi connectivity index (χ0n) is 10.2. The largest absolute Gasteiger partial charge is 0.378 e. The van der Waals surface area contributed by atoms with E-state index in [1.54, 1.807) is 13.1 Å². The van der Waals surface area contributed by atoms with Gasteiger partial charge in [-0.2, -0.15) is 0 Å². The van der Waals surface area contributed by atoms with Crippen LogP contribution in [0.25, 0.3) is 0 Å². The van der Waals surface area contributed by atoms with E-state index in [-0.39, 0.29) is 5.28 Å². The molecule has 1 fully saturated rings. The van der Waals surface area contributed by atoms with Crippen molar-refractivity contribution in [1.29, 1.82) is 0 Å². The number of ether oxygens (including phenoxy) is 2. The highest BCUT2D eigenvalue weighted by molar-refractivity contribution is 6.28. The van der Waals surface area contributed by atoms with E-state index in [0.717, 1.165) is 18.8 Å². The van der Waals surface area contributed by atoms with Gasteiger partial charge >= 0.3 is 0 Å². The van der Waals surface area contributed by atoms with Crippen molar-refractivity contribution >= 4 is 17.3 Å². The average molecular weight is 274 g/mol. The molecule has 1 aliphatic rings. The zero-order chi connectivity index (χ0) is 13.0. The van der Waals surface area contributed by atoms with Crippen LogP contribution in [0.2, 0.25) is 5.28 Å². The SMILES string of the molecule is CCOC(O)c1nc(Cl)ncc1N1CCOCC1. The second kappa shape index (κ2) is 6.29. The predicted octanol–water partition coefficient (Wildman–Crippen LogP) is 0.994. The molecule has 0 spiro atoms. The summed E-state index contributed by atoms with van der Waals surface area (Å²) in [5.41, 5.74) is 1.14. The molecule has 1 N–H and O–H groups in total. The summed E-state index contributed by atoms with van der Waals surface area (Å²) < 4.78 is 10.5. The lowest BCUT2D eigenvalue weighted by Gasteiger charge is -2.30. The number of aromatic nitrogens is 2. The van der Waals surface area contributed by atoms with Crippen molar-refractivity contribution in [3.05, 3.63) is 17.2 Å². The molecule has 1 aromatic heterocycles. The van der Waals surface area contributed by atoms with Crippen LogP contribution >= 0.6 is 11.6 Å². The van der Waals surface area contributed by atoms with Crippen molar-refractivity contribution < 1.29 is 14.6 Å². The highest BCUT2D eigenvalue weighted by Gasteiger charge is 2.21. The maximum absolute atomic E-state index is 9.93. The molecule has 0 bridgehead atoms. The third-order valence-corrected chi connectivity index (χ3v) is 2.86. The van der Waals surface area contributed by atoms with Gasteiger partial charge in [0.1, 0.15) is 5.69 Å². The van der Waals surface area contributed by atoms with E-state index < -0.39 is 6.29 Å². The standard InChI is InChI=1S/C11H16ClN3O3/c1-2-18-10(16)9-8(7-13-11(12)14-9)15-3-5-17-6-4-15/h7,10,16H,2-6H2,1H3. The Labute approximate surface area is 111 Å². The molecular formula is C11H16ClN3O3. The normalized spacial score (nSPS) is 17.8. The van der Waals surface area contributed by atoms with Crippen LogP contribution in [0.5, 0.6) is 0 Å². The minimum atomic E-state index is -1.09. The molecule has 0 saturated carbocycles. The lowest BCUT2D eigenvalue weighted by atomic mass is 10.2. The van der Waals surface area contributed by atoms with Gasteiger partial charge in [0.15, 0.2) is 0 Å². The van der Waals surface area contributed by atoms with Gasteiger partial charge in [-0.05, 0) is 18.5 Å². The number of hydrogen-bond acceptors (Lipinski definition) is 6. The highest BCUT2D eigenvalue weighted by Crippen LogP contribution is 2.26. The van der Waals surface area contributed by atoms with Crippen LogP contribution in [0.15, 0.2) is 6.20 Å². The number of morpholine rings is 1. The number of aliphatic hydroxyl groups excluding tert-OH is 1. The van der Waals surface area contributed by atoms with Crippen LogP contribution in [0.3, 0.4) is 0 Å². The van der Waals surface area contributed by atoms with Gasteiger partial charge in [0.05, 0.1) is 25.1 Å². The lowest BCUT2D eigenvalue weighted by Crippen LogP contribution is -2.37. The number of aliphatic hydroxyl groups is 1. The first-order chi connectivity index (χ1) is 8.72. The summed E-state index contributed by atoms with van der Waals surface area (Å²) in [5, 5.41) is 10.0. The predicted molar refractivity (Wildman–Crippen MR) is 66.7 cm³/mol. The van der Waals surface area contributed by atoms with Crippen molar-refractivity contribution in [1.82, 2.24) is 9.97 Å². The first kappa shape index (κ1) is 13.5. The molecule has 100 valence electrons. The van der Waals surface area contributed by atoms with E-state index in [1.165, 1.54) is 0 Å². The fourth-order valence-electron chi connectivity index (χ4n) is 1.83. The van der Waals surface area contributed by atoms with Crippen molar-refractivity contribution in [3.63, 3.8) is 0 Å². The minimum absolute atomic E-state index is 0.0979. The Hall–Kier alpha value is -0.950. The summed E-state index contributed by atoms with van der Waals surface area (Å²) in [7, 11) is 0. The summed E-state index contributed by atoms with van der Waals surface area (Å²) >= 11 is 5.77. The first-order valence-electron chi connectivity index (χ1n) is 5.87. The molecule has 0 aliphatic carbocycles. The number of hydrogen-bond donors (Lipinski definition) is 1. The third kappa shape index (κ3) is 3.08. The Morgan fingerprint density at radius 3 is 2.94 bits per heavy atom. The zero-order valence-corrected chi connectivity index (χ0v) is 10.9. The van der Waals surface area contributed by atoms with Crippen LogP contribution in [0, 0.1) is 0 Å². The van der Waals surface area contributed by atoms with Crippen molar-refractivity contribution in [3.8, 4) is 0 Å². The molecule has 1 aliphatic heterocycles. The van der Waals surface area contributed by atoms with Gasteiger partial charge in [0, 0.05) is 19.7 Å². The van der Waals surface area contributed by atoms with Gasteiger partial charge in [0.25, 0.3) is 0 Å². The molecule has 1 saturated heterocycles. The molecule has 1 aromatic rings. The average Bonchev–Trinajstić information content (AvgIpc) is 2.40. The number of nitrogens with zero attached hydrogens (tertiary/aromatic N) is 3. The van der Waals surface area contributed by atoms with Gasteiger partial charge in [0.2, 0.25) is 11.6 Å². The van der Waals surface area contributed by atoms with Crippen LogP contribution in [0.1, 0.15) is 18.9 Å². The third-order valence-electron chi connectivity index (χ3n) is 2.68. The number of halogens is 1. The summed E-state index contributed by atoms with van der Waals surface area (Å²) in [4.78, 5) is 10.1. The second-order valence-electron chi connectivity index (χ2n) is 3.82. The van der Waals surface area contributed by atoms with E-state index in [9.17, 15) is 5.11 Å². The van der Waals surface area contributed by atoms with Crippen LogP contribution in [-0.2, 0) is 9.47 Å². The topological polar surface area (TPSA) is 67.7 Å². The smallest absolute Gasteiger partial charge is 0.222 e. The summed E-state index contributed by atoms with van der Waals surface area (Å²) in [6, 6.07) is 0. The Morgan fingerprint density at radius 1 is 1.56 bits per heavy atom. The molecule has 1 atom stereocenters. The lowest BCUT2D eigenvalue weighted by molar-refractivity contribution is -0.100. The maximum atomic E-state index is 9.93. The molecule has 6 nitrogen and oxygen atoms in total. The molecule has 0 amide bonds. The van der Waals surface area contributed by atoms with Gasteiger partial charge in [-0.15, -0.1) is 0 Å². The van der Waals surface area contributed by atoms with Gasteiger partial charge < -0.3 is 19.5 Å². The molecule has 18 heavy (non-hydrogen) atoms. The van der Waals surface area contributed by atoms with E-state index in [0.29, 0.717) is 25.5 Å². The Balaban J connectivity index is 2.27. The molecule has 0 radical (unpaired) electrons. The van der Waals surface area contributed by atoms with Crippen LogP contribution < -0.4 is 4.90 Å². The Kier molecular flexibility index (Phi) is 4.71. The fourth-order valence-corrected chi connectivity index (χ4v) is 1.97. The van der Waals surface area contributed by atoms with Gasteiger partial charge in [-0.1, -0.05) is 0 Å². The minimum Gasteiger partial charge on any atom is -0.378 e. The first-order valence-corrected chi connectivity index (χ1v) is 6.25. The monoisotopic (exact) mass is 273 g/mol. The summed E-state index contributed by atoms with van der Waals surface area (Å²) in [5.74, 6) is 0. The van der Waals surface area contributed by atoms with E-state index in [1.807, 2.05) is 0 Å². The van der Waals surface area contributed by atoms with Gasteiger partial charge in [-0.25, -0.2) is 9.97 Å².